The van der Waals surface area contributed by atoms with E-state index in [1.807, 2.05) is 12.4 Å². The Morgan fingerprint density at radius 2 is 1.94 bits per heavy atom. The van der Waals surface area contributed by atoms with Gasteiger partial charge in [0.1, 0.15) is 0 Å². The van der Waals surface area contributed by atoms with Crippen molar-refractivity contribution in [3.8, 4) is 0 Å². The van der Waals surface area contributed by atoms with Crippen molar-refractivity contribution >= 4 is 5.95 Å². The van der Waals surface area contributed by atoms with Crippen LogP contribution in [0.25, 0.3) is 0 Å². The summed E-state index contributed by atoms with van der Waals surface area (Å²) in [5, 5.41) is 3.39. The second-order valence-corrected chi connectivity index (χ2v) is 4.01. The van der Waals surface area contributed by atoms with E-state index >= 15 is 0 Å². The average molecular weight is 229 g/mol. The molecule has 3 heteroatoms. The summed E-state index contributed by atoms with van der Waals surface area (Å²) in [6.45, 7) is 6.08. The first kappa shape index (κ1) is 11.7. The Bertz CT molecular complexity index is 474. The number of nitrogens with one attached hydrogen (secondary N) is 1. The van der Waals surface area contributed by atoms with Crippen molar-refractivity contribution in [1.82, 2.24) is 9.55 Å². The third-order valence-electron chi connectivity index (χ3n) is 2.99. The second-order valence-electron chi connectivity index (χ2n) is 4.01. The van der Waals surface area contributed by atoms with Crippen LogP contribution in [-0.2, 0) is 19.5 Å². The van der Waals surface area contributed by atoms with Crippen LogP contribution in [0, 0.1) is 0 Å². The van der Waals surface area contributed by atoms with E-state index in [9.17, 15) is 0 Å². The smallest absolute Gasteiger partial charge is 0.203 e. The van der Waals surface area contributed by atoms with Crippen molar-refractivity contribution in [2.75, 3.05) is 5.32 Å². The zero-order chi connectivity index (χ0) is 12.1. The van der Waals surface area contributed by atoms with Gasteiger partial charge < -0.3 is 9.88 Å². The zero-order valence-electron chi connectivity index (χ0n) is 10.5. The summed E-state index contributed by atoms with van der Waals surface area (Å²) in [4.78, 5) is 4.31. The molecule has 0 saturated carbocycles. The number of benzene rings is 1. The Morgan fingerprint density at radius 3 is 2.65 bits per heavy atom. The lowest BCUT2D eigenvalue weighted by Crippen LogP contribution is -2.07. The first-order valence-electron chi connectivity index (χ1n) is 6.17. The predicted molar refractivity (Wildman–Crippen MR) is 71.0 cm³/mol. The summed E-state index contributed by atoms with van der Waals surface area (Å²) in [5.74, 6) is 0.943. The third kappa shape index (κ3) is 2.67. The van der Waals surface area contributed by atoms with Gasteiger partial charge in [0.15, 0.2) is 0 Å². The van der Waals surface area contributed by atoms with E-state index < -0.39 is 0 Å². The lowest BCUT2D eigenvalue weighted by molar-refractivity contribution is 0.762. The molecule has 0 fully saturated rings. The van der Waals surface area contributed by atoms with Crippen LogP contribution in [0.1, 0.15) is 25.0 Å². The van der Waals surface area contributed by atoms with E-state index in [-0.39, 0.29) is 0 Å². The van der Waals surface area contributed by atoms with Crippen molar-refractivity contribution < 1.29 is 0 Å². The van der Waals surface area contributed by atoms with Crippen molar-refractivity contribution in [1.29, 1.82) is 0 Å². The fourth-order valence-electron chi connectivity index (χ4n) is 1.98. The number of aryl methyl sites for hydroxylation is 2. The minimum Gasteiger partial charge on any atom is -0.352 e. The lowest BCUT2D eigenvalue weighted by atomic mass is 10.1. The maximum atomic E-state index is 4.31. The van der Waals surface area contributed by atoms with Crippen LogP contribution >= 0.6 is 0 Å². The van der Waals surface area contributed by atoms with Crippen LogP contribution in [-0.4, -0.2) is 9.55 Å². The molecule has 0 unspecified atom stereocenters. The highest BCUT2D eigenvalue weighted by atomic mass is 15.2. The normalized spacial score (nSPS) is 10.5. The summed E-state index contributed by atoms with van der Waals surface area (Å²) < 4.78 is 2.11. The van der Waals surface area contributed by atoms with E-state index in [0.717, 1.165) is 25.5 Å². The number of nitrogens with zero attached hydrogens (tertiary/aromatic N) is 2. The third-order valence-corrected chi connectivity index (χ3v) is 2.99. The van der Waals surface area contributed by atoms with E-state index in [4.69, 9.17) is 0 Å². The van der Waals surface area contributed by atoms with Crippen molar-refractivity contribution in [2.24, 2.45) is 0 Å². The molecular weight excluding hydrogens is 210 g/mol. The second kappa shape index (κ2) is 5.53. The summed E-state index contributed by atoms with van der Waals surface area (Å²) in [5.41, 5.74) is 2.75. The quantitative estimate of drug-likeness (QED) is 0.854. The fourth-order valence-corrected chi connectivity index (χ4v) is 1.98. The molecule has 2 aromatic rings. The van der Waals surface area contributed by atoms with Crippen LogP contribution in [0.5, 0.6) is 0 Å². The Hall–Kier alpha value is -1.77. The summed E-state index contributed by atoms with van der Waals surface area (Å²) >= 11 is 0. The largest absolute Gasteiger partial charge is 0.352 e. The van der Waals surface area contributed by atoms with Crippen LogP contribution in [0.3, 0.4) is 0 Å². The van der Waals surface area contributed by atoms with Crippen LogP contribution in [0.4, 0.5) is 5.95 Å². The molecule has 0 bridgehead atoms. The van der Waals surface area contributed by atoms with Crippen LogP contribution < -0.4 is 5.32 Å². The van der Waals surface area contributed by atoms with Crippen LogP contribution in [0.15, 0.2) is 36.7 Å². The van der Waals surface area contributed by atoms with Gasteiger partial charge in [-0.2, -0.15) is 0 Å². The Balaban J connectivity index is 2.07. The van der Waals surface area contributed by atoms with Gasteiger partial charge in [-0.1, -0.05) is 31.2 Å². The molecule has 1 aromatic carbocycles. The molecule has 0 aliphatic heterocycles. The Morgan fingerprint density at radius 1 is 1.18 bits per heavy atom. The number of imidazole rings is 1. The number of hydrogen-bond donors (Lipinski definition) is 1. The molecule has 0 spiro atoms. The standard InChI is InChI=1S/C14H19N3/c1-3-12-7-5-6-8-13(12)11-16-14-15-9-10-17(14)4-2/h5-10H,3-4,11H2,1-2H3,(H,15,16). The zero-order valence-corrected chi connectivity index (χ0v) is 10.5. The van der Waals surface area contributed by atoms with Gasteiger partial charge in [-0.3, -0.25) is 0 Å². The SMILES string of the molecule is CCc1ccccc1CNc1nccn1CC. The van der Waals surface area contributed by atoms with Gasteiger partial charge >= 0.3 is 0 Å². The molecule has 1 aromatic heterocycles. The van der Waals surface area contributed by atoms with E-state index in [1.165, 1.54) is 11.1 Å². The van der Waals surface area contributed by atoms with Gasteiger partial charge in [-0.05, 0) is 24.5 Å². The predicted octanol–water partition coefficient (Wildman–Crippen LogP) is 3.08. The minimum atomic E-state index is 0.834. The Labute approximate surface area is 103 Å². The topological polar surface area (TPSA) is 29.9 Å². The molecule has 1 heterocycles. The molecule has 0 radical (unpaired) electrons. The van der Waals surface area contributed by atoms with E-state index in [0.29, 0.717) is 0 Å². The van der Waals surface area contributed by atoms with Crippen molar-refractivity contribution in [3.05, 3.63) is 47.8 Å². The minimum absolute atomic E-state index is 0.834. The molecule has 0 amide bonds. The number of hydrogen-bond acceptors (Lipinski definition) is 2. The molecule has 0 atom stereocenters. The molecular formula is C14H19N3. The molecule has 1 N–H and O–H groups in total. The number of aromatic nitrogens is 2. The summed E-state index contributed by atoms with van der Waals surface area (Å²) in [6.07, 6.45) is 4.89. The number of rotatable bonds is 5. The molecule has 0 saturated heterocycles. The highest BCUT2D eigenvalue weighted by Crippen LogP contribution is 2.12. The van der Waals surface area contributed by atoms with Gasteiger partial charge in [0.2, 0.25) is 5.95 Å². The first-order chi connectivity index (χ1) is 8.35. The fraction of sp³-hybridized carbons (Fsp3) is 0.357. The highest BCUT2D eigenvalue weighted by Gasteiger charge is 2.02. The molecule has 0 aliphatic carbocycles. The van der Waals surface area contributed by atoms with Gasteiger partial charge in [0.25, 0.3) is 0 Å². The van der Waals surface area contributed by atoms with E-state index in [1.54, 1.807) is 0 Å². The maximum absolute atomic E-state index is 4.31. The Kier molecular flexibility index (Phi) is 3.81. The first-order valence-corrected chi connectivity index (χ1v) is 6.17. The summed E-state index contributed by atoms with van der Waals surface area (Å²) in [6, 6.07) is 8.53. The summed E-state index contributed by atoms with van der Waals surface area (Å²) in [7, 11) is 0. The lowest BCUT2D eigenvalue weighted by Gasteiger charge is -2.10. The highest BCUT2D eigenvalue weighted by molar-refractivity contribution is 5.33. The van der Waals surface area contributed by atoms with Gasteiger partial charge in [-0.25, -0.2) is 4.98 Å². The molecule has 17 heavy (non-hydrogen) atoms. The monoisotopic (exact) mass is 229 g/mol. The van der Waals surface area contributed by atoms with Gasteiger partial charge in [0.05, 0.1) is 0 Å². The molecule has 0 aliphatic rings. The molecule has 2 rings (SSSR count). The molecule has 90 valence electrons. The van der Waals surface area contributed by atoms with Gasteiger partial charge in [-0.15, -0.1) is 0 Å². The van der Waals surface area contributed by atoms with Crippen LogP contribution in [0.2, 0.25) is 0 Å². The van der Waals surface area contributed by atoms with Crippen molar-refractivity contribution in [3.63, 3.8) is 0 Å². The number of anilines is 1. The van der Waals surface area contributed by atoms with E-state index in [2.05, 4.69) is 53.0 Å². The maximum Gasteiger partial charge on any atom is 0.203 e. The van der Waals surface area contributed by atoms with Crippen molar-refractivity contribution in [2.45, 2.75) is 33.4 Å². The molecule has 3 nitrogen and oxygen atoms in total. The van der Waals surface area contributed by atoms with Gasteiger partial charge in [0, 0.05) is 25.5 Å². The average Bonchev–Trinajstić information content (AvgIpc) is 2.84.